The van der Waals surface area contributed by atoms with Crippen LogP contribution < -0.4 is 10.1 Å². The zero-order chi connectivity index (χ0) is 11.8. The van der Waals surface area contributed by atoms with E-state index in [0.717, 1.165) is 24.9 Å². The highest BCUT2D eigenvalue weighted by Crippen LogP contribution is 2.16. The Kier molecular flexibility index (Phi) is 5.78. The zero-order valence-electron chi connectivity index (χ0n) is 9.92. The molecular formula is C12H19FN2O. The summed E-state index contributed by atoms with van der Waals surface area (Å²) in [7, 11) is 0. The van der Waals surface area contributed by atoms with Gasteiger partial charge in [0.25, 0.3) is 0 Å². The van der Waals surface area contributed by atoms with Crippen LogP contribution in [0.4, 0.5) is 4.39 Å². The van der Waals surface area contributed by atoms with Gasteiger partial charge in [0.05, 0.1) is 12.8 Å². The van der Waals surface area contributed by atoms with Crippen LogP contribution in [0, 0.1) is 5.82 Å². The Labute approximate surface area is 96.0 Å². The molecule has 0 aromatic carbocycles. The van der Waals surface area contributed by atoms with E-state index in [2.05, 4.69) is 17.2 Å². The van der Waals surface area contributed by atoms with Crippen molar-refractivity contribution in [3.8, 4) is 5.88 Å². The molecule has 0 aliphatic carbocycles. The smallest absolute Gasteiger partial charge is 0.218 e. The van der Waals surface area contributed by atoms with Gasteiger partial charge in [-0.05, 0) is 25.5 Å². The van der Waals surface area contributed by atoms with Gasteiger partial charge in [0.1, 0.15) is 5.82 Å². The highest BCUT2D eigenvalue weighted by Gasteiger charge is 2.06. The summed E-state index contributed by atoms with van der Waals surface area (Å²) >= 11 is 0. The van der Waals surface area contributed by atoms with Crippen LogP contribution in [0.5, 0.6) is 5.88 Å². The molecule has 3 nitrogen and oxygen atoms in total. The lowest BCUT2D eigenvalue weighted by Gasteiger charge is -2.10. The van der Waals surface area contributed by atoms with Gasteiger partial charge in [-0.1, -0.05) is 13.8 Å². The van der Waals surface area contributed by atoms with Crippen LogP contribution >= 0.6 is 0 Å². The monoisotopic (exact) mass is 226 g/mol. The fourth-order valence-electron chi connectivity index (χ4n) is 1.32. The van der Waals surface area contributed by atoms with E-state index in [9.17, 15) is 4.39 Å². The number of hydrogen-bond acceptors (Lipinski definition) is 3. The second kappa shape index (κ2) is 7.17. The third-order valence-corrected chi connectivity index (χ3v) is 2.08. The normalized spacial score (nSPS) is 10.4. The SMILES string of the molecule is CCCNCc1cc(F)cnc1OCCC. The van der Waals surface area contributed by atoms with Gasteiger partial charge in [-0.25, -0.2) is 9.37 Å². The van der Waals surface area contributed by atoms with Crippen LogP contribution in [0.1, 0.15) is 32.3 Å². The minimum atomic E-state index is -0.322. The predicted octanol–water partition coefficient (Wildman–Crippen LogP) is 2.51. The third-order valence-electron chi connectivity index (χ3n) is 2.08. The van der Waals surface area contributed by atoms with Gasteiger partial charge in [-0.2, -0.15) is 0 Å². The fraction of sp³-hybridized carbons (Fsp3) is 0.583. The molecule has 0 spiro atoms. The largest absolute Gasteiger partial charge is 0.477 e. The number of ether oxygens (including phenoxy) is 1. The van der Waals surface area contributed by atoms with Crippen molar-refractivity contribution in [2.45, 2.75) is 33.2 Å². The summed E-state index contributed by atoms with van der Waals surface area (Å²) in [5.74, 6) is 0.212. The van der Waals surface area contributed by atoms with Crippen molar-refractivity contribution in [3.63, 3.8) is 0 Å². The van der Waals surface area contributed by atoms with Crippen LogP contribution in [0.25, 0.3) is 0 Å². The van der Waals surface area contributed by atoms with Crippen LogP contribution in [-0.2, 0) is 6.54 Å². The molecule has 90 valence electrons. The Morgan fingerprint density at radius 3 is 2.88 bits per heavy atom. The fourth-order valence-corrected chi connectivity index (χ4v) is 1.32. The van der Waals surface area contributed by atoms with E-state index >= 15 is 0 Å². The lowest BCUT2D eigenvalue weighted by molar-refractivity contribution is 0.300. The molecule has 0 saturated heterocycles. The lowest BCUT2D eigenvalue weighted by atomic mass is 10.2. The molecule has 0 fully saturated rings. The zero-order valence-corrected chi connectivity index (χ0v) is 9.92. The van der Waals surface area contributed by atoms with Gasteiger partial charge >= 0.3 is 0 Å². The van der Waals surface area contributed by atoms with E-state index in [-0.39, 0.29) is 5.82 Å². The first-order valence-corrected chi connectivity index (χ1v) is 5.75. The summed E-state index contributed by atoms with van der Waals surface area (Å²) in [6, 6.07) is 1.47. The maximum absolute atomic E-state index is 13.0. The molecule has 0 atom stereocenters. The minimum absolute atomic E-state index is 0.322. The molecule has 0 aliphatic rings. The van der Waals surface area contributed by atoms with Crippen molar-refractivity contribution >= 4 is 0 Å². The summed E-state index contributed by atoms with van der Waals surface area (Å²) < 4.78 is 18.5. The number of rotatable bonds is 7. The van der Waals surface area contributed by atoms with Crippen molar-refractivity contribution in [2.75, 3.05) is 13.2 Å². The van der Waals surface area contributed by atoms with Gasteiger partial charge in [-0.15, -0.1) is 0 Å². The van der Waals surface area contributed by atoms with Crippen LogP contribution in [0.2, 0.25) is 0 Å². The molecule has 1 aromatic rings. The van der Waals surface area contributed by atoms with Crippen LogP contribution in [0.15, 0.2) is 12.3 Å². The Hall–Kier alpha value is -1.16. The molecule has 0 amide bonds. The molecule has 4 heteroatoms. The molecular weight excluding hydrogens is 207 g/mol. The summed E-state index contributed by atoms with van der Waals surface area (Å²) in [5.41, 5.74) is 0.780. The Balaban J connectivity index is 2.65. The molecule has 0 aliphatic heterocycles. The molecule has 0 saturated carbocycles. The maximum atomic E-state index is 13.0. The van der Waals surface area contributed by atoms with Crippen molar-refractivity contribution < 1.29 is 9.13 Å². The van der Waals surface area contributed by atoms with E-state index in [1.807, 2.05) is 6.92 Å². The Bertz CT molecular complexity index is 318. The van der Waals surface area contributed by atoms with Crippen molar-refractivity contribution in [1.82, 2.24) is 10.3 Å². The van der Waals surface area contributed by atoms with E-state index < -0.39 is 0 Å². The second-order valence-corrected chi connectivity index (χ2v) is 3.64. The quantitative estimate of drug-likeness (QED) is 0.725. The summed E-state index contributed by atoms with van der Waals surface area (Å²) in [6.45, 7) is 6.23. The first-order chi connectivity index (χ1) is 7.77. The molecule has 0 unspecified atom stereocenters. The molecule has 1 N–H and O–H groups in total. The number of pyridine rings is 1. The molecule has 0 radical (unpaired) electrons. The van der Waals surface area contributed by atoms with Gasteiger partial charge in [0.15, 0.2) is 0 Å². The summed E-state index contributed by atoms with van der Waals surface area (Å²) in [4.78, 5) is 3.96. The molecule has 1 rings (SSSR count). The van der Waals surface area contributed by atoms with E-state index in [1.165, 1.54) is 12.3 Å². The van der Waals surface area contributed by atoms with Crippen molar-refractivity contribution in [3.05, 3.63) is 23.6 Å². The van der Waals surface area contributed by atoms with Crippen LogP contribution in [0.3, 0.4) is 0 Å². The van der Waals surface area contributed by atoms with Crippen LogP contribution in [-0.4, -0.2) is 18.1 Å². The van der Waals surface area contributed by atoms with Gasteiger partial charge in [0.2, 0.25) is 5.88 Å². The van der Waals surface area contributed by atoms with Crippen molar-refractivity contribution in [1.29, 1.82) is 0 Å². The predicted molar refractivity (Wildman–Crippen MR) is 62.0 cm³/mol. The summed E-state index contributed by atoms with van der Waals surface area (Å²) in [6.07, 6.45) is 3.16. The molecule has 1 aromatic heterocycles. The third kappa shape index (κ3) is 4.14. The average molecular weight is 226 g/mol. The maximum Gasteiger partial charge on any atom is 0.218 e. The standard InChI is InChI=1S/C12H19FN2O/c1-3-5-14-8-10-7-11(13)9-15-12(10)16-6-4-2/h7,9,14H,3-6,8H2,1-2H3. The average Bonchev–Trinajstić information content (AvgIpc) is 2.28. The molecule has 16 heavy (non-hydrogen) atoms. The molecule has 1 heterocycles. The highest BCUT2D eigenvalue weighted by molar-refractivity contribution is 5.26. The number of aromatic nitrogens is 1. The van der Waals surface area contributed by atoms with Gasteiger partial charge in [0, 0.05) is 12.1 Å². The summed E-state index contributed by atoms with van der Waals surface area (Å²) in [5, 5.41) is 3.21. The van der Waals surface area contributed by atoms with E-state index in [1.54, 1.807) is 0 Å². The first kappa shape index (κ1) is 12.9. The van der Waals surface area contributed by atoms with Gasteiger partial charge < -0.3 is 10.1 Å². The Morgan fingerprint density at radius 2 is 2.19 bits per heavy atom. The topological polar surface area (TPSA) is 34.2 Å². The van der Waals surface area contributed by atoms with Gasteiger partial charge in [-0.3, -0.25) is 0 Å². The first-order valence-electron chi connectivity index (χ1n) is 5.75. The molecule has 0 bridgehead atoms. The van der Waals surface area contributed by atoms with Crippen molar-refractivity contribution in [2.24, 2.45) is 0 Å². The second-order valence-electron chi connectivity index (χ2n) is 3.64. The number of hydrogen-bond donors (Lipinski definition) is 1. The number of halogens is 1. The lowest BCUT2D eigenvalue weighted by Crippen LogP contribution is -2.15. The minimum Gasteiger partial charge on any atom is -0.477 e. The highest BCUT2D eigenvalue weighted by atomic mass is 19.1. The number of nitrogens with zero attached hydrogens (tertiary/aromatic N) is 1. The number of nitrogens with one attached hydrogen (secondary N) is 1. The Morgan fingerprint density at radius 1 is 1.38 bits per heavy atom. The van der Waals surface area contributed by atoms with E-state index in [4.69, 9.17) is 4.74 Å². The van der Waals surface area contributed by atoms with E-state index in [0.29, 0.717) is 19.0 Å².